The Labute approximate surface area is 78.3 Å². The number of halogens is 3. The molecule has 2 nitrogen and oxygen atoms in total. The van der Waals surface area contributed by atoms with Crippen LogP contribution >= 0.6 is 0 Å². The van der Waals surface area contributed by atoms with Gasteiger partial charge in [-0.05, 0) is 12.1 Å². The lowest BCUT2D eigenvalue weighted by molar-refractivity contribution is -0.0971. The maximum absolute atomic E-state index is 12.3. The lowest BCUT2D eigenvalue weighted by atomic mass is 10.2. The molecule has 1 aromatic carbocycles. The van der Waals surface area contributed by atoms with Crippen molar-refractivity contribution in [1.29, 1.82) is 0 Å². The lowest BCUT2D eigenvalue weighted by Gasteiger charge is -2.08. The molecule has 1 rings (SSSR count). The molecule has 1 atom stereocenters. The molecule has 0 aliphatic rings. The van der Waals surface area contributed by atoms with Crippen LogP contribution in [-0.2, 0) is 4.74 Å². The van der Waals surface area contributed by atoms with Gasteiger partial charge in [0.1, 0.15) is 0 Å². The molecule has 0 saturated heterocycles. The SMILES string of the molecule is O=C(OC(F)C(F)F)c1ccccc1. The number of hydrogen-bond acceptors (Lipinski definition) is 2. The van der Waals surface area contributed by atoms with Crippen molar-refractivity contribution in [1.82, 2.24) is 0 Å². The highest BCUT2D eigenvalue weighted by atomic mass is 19.3. The second kappa shape index (κ2) is 4.64. The molecule has 0 radical (unpaired) electrons. The summed E-state index contributed by atoms with van der Waals surface area (Å²) in [6.45, 7) is 0. The van der Waals surface area contributed by atoms with Gasteiger partial charge in [0.05, 0.1) is 5.56 Å². The fourth-order valence-corrected chi connectivity index (χ4v) is 0.796. The number of alkyl halides is 3. The van der Waals surface area contributed by atoms with E-state index in [2.05, 4.69) is 4.74 Å². The third kappa shape index (κ3) is 2.76. The van der Waals surface area contributed by atoms with E-state index in [0.717, 1.165) is 0 Å². The summed E-state index contributed by atoms with van der Waals surface area (Å²) in [7, 11) is 0. The molecule has 1 unspecified atom stereocenters. The smallest absolute Gasteiger partial charge is 0.340 e. The molecule has 5 heteroatoms. The molecule has 0 saturated carbocycles. The van der Waals surface area contributed by atoms with Gasteiger partial charge in [0.25, 0.3) is 0 Å². The van der Waals surface area contributed by atoms with E-state index in [1.54, 1.807) is 6.07 Å². The Morgan fingerprint density at radius 1 is 1.14 bits per heavy atom. The zero-order chi connectivity index (χ0) is 10.6. The van der Waals surface area contributed by atoms with Crippen LogP contribution in [0.15, 0.2) is 30.3 Å². The third-order valence-corrected chi connectivity index (χ3v) is 1.43. The van der Waals surface area contributed by atoms with Gasteiger partial charge < -0.3 is 4.74 Å². The van der Waals surface area contributed by atoms with E-state index in [1.165, 1.54) is 24.3 Å². The van der Waals surface area contributed by atoms with Gasteiger partial charge >= 0.3 is 18.8 Å². The Morgan fingerprint density at radius 2 is 1.71 bits per heavy atom. The summed E-state index contributed by atoms with van der Waals surface area (Å²) in [5, 5.41) is 0. The molecule has 0 spiro atoms. The number of ether oxygens (including phenoxy) is 1. The second-order valence-corrected chi connectivity index (χ2v) is 2.46. The van der Waals surface area contributed by atoms with Crippen LogP contribution < -0.4 is 0 Å². The number of hydrogen-bond donors (Lipinski definition) is 0. The predicted molar refractivity (Wildman–Crippen MR) is 42.8 cm³/mol. The van der Waals surface area contributed by atoms with E-state index in [0.29, 0.717) is 0 Å². The number of rotatable bonds is 3. The van der Waals surface area contributed by atoms with Crippen molar-refractivity contribution in [2.24, 2.45) is 0 Å². The van der Waals surface area contributed by atoms with E-state index in [9.17, 15) is 18.0 Å². The minimum Gasteiger partial charge on any atom is -0.421 e. The van der Waals surface area contributed by atoms with Gasteiger partial charge in [-0.15, -0.1) is 0 Å². The van der Waals surface area contributed by atoms with Crippen molar-refractivity contribution in [3.8, 4) is 0 Å². The van der Waals surface area contributed by atoms with E-state index < -0.39 is 18.8 Å². The van der Waals surface area contributed by atoms with Crippen molar-refractivity contribution in [3.05, 3.63) is 35.9 Å². The normalized spacial score (nSPS) is 12.6. The number of carbonyl (C=O) groups excluding carboxylic acids is 1. The highest BCUT2D eigenvalue weighted by molar-refractivity contribution is 5.89. The summed E-state index contributed by atoms with van der Waals surface area (Å²) in [6, 6.07) is 7.37. The molecule has 14 heavy (non-hydrogen) atoms. The monoisotopic (exact) mass is 204 g/mol. The van der Waals surface area contributed by atoms with Gasteiger partial charge in [-0.25, -0.2) is 13.6 Å². The lowest BCUT2D eigenvalue weighted by Crippen LogP contribution is -2.20. The van der Waals surface area contributed by atoms with E-state index in [1.807, 2.05) is 0 Å². The fraction of sp³-hybridized carbons (Fsp3) is 0.222. The van der Waals surface area contributed by atoms with E-state index in [4.69, 9.17) is 0 Å². The van der Waals surface area contributed by atoms with E-state index in [-0.39, 0.29) is 5.56 Å². The predicted octanol–water partition coefficient (Wildman–Crippen LogP) is 2.40. The number of carbonyl (C=O) groups is 1. The van der Waals surface area contributed by atoms with E-state index >= 15 is 0 Å². The molecule has 0 bridgehead atoms. The van der Waals surface area contributed by atoms with Crippen LogP contribution in [0.1, 0.15) is 10.4 Å². The highest BCUT2D eigenvalue weighted by Crippen LogP contribution is 2.10. The van der Waals surface area contributed by atoms with Crippen LogP contribution in [-0.4, -0.2) is 18.8 Å². The molecule has 0 heterocycles. The maximum atomic E-state index is 12.3. The minimum atomic E-state index is -3.32. The zero-order valence-electron chi connectivity index (χ0n) is 6.99. The molecule has 1 aromatic rings. The molecule has 0 aromatic heterocycles. The summed E-state index contributed by atoms with van der Waals surface area (Å²) in [5.41, 5.74) is 0.0378. The van der Waals surface area contributed by atoms with Crippen LogP contribution in [0.4, 0.5) is 13.2 Å². The highest BCUT2D eigenvalue weighted by Gasteiger charge is 2.23. The molecule has 0 aliphatic carbocycles. The molecule has 0 aliphatic heterocycles. The Hall–Kier alpha value is -1.52. The van der Waals surface area contributed by atoms with Crippen LogP contribution in [0, 0.1) is 0 Å². The van der Waals surface area contributed by atoms with Crippen LogP contribution in [0.3, 0.4) is 0 Å². The summed E-state index contributed by atoms with van der Waals surface area (Å²) in [6.07, 6.45) is -6.19. The Morgan fingerprint density at radius 3 is 2.21 bits per heavy atom. The first kappa shape index (κ1) is 10.6. The standard InChI is InChI=1S/C9H7F3O2/c10-7(11)8(12)14-9(13)6-4-2-1-3-5-6/h1-5,7-8H. The van der Waals surface area contributed by atoms with Crippen molar-refractivity contribution >= 4 is 5.97 Å². The number of benzene rings is 1. The summed E-state index contributed by atoms with van der Waals surface area (Å²) in [4.78, 5) is 11.0. The van der Waals surface area contributed by atoms with Crippen LogP contribution in [0.5, 0.6) is 0 Å². The minimum absolute atomic E-state index is 0.0378. The van der Waals surface area contributed by atoms with Gasteiger partial charge in [0, 0.05) is 0 Å². The molecular formula is C9H7F3O2. The Balaban J connectivity index is 2.60. The van der Waals surface area contributed by atoms with Gasteiger partial charge in [0.15, 0.2) is 0 Å². The molecule has 0 N–H and O–H groups in total. The molecule has 76 valence electrons. The van der Waals surface area contributed by atoms with Gasteiger partial charge in [-0.2, -0.15) is 4.39 Å². The average Bonchev–Trinajstić information content (AvgIpc) is 2.19. The third-order valence-electron chi connectivity index (χ3n) is 1.43. The van der Waals surface area contributed by atoms with Crippen molar-refractivity contribution < 1.29 is 22.7 Å². The van der Waals surface area contributed by atoms with Gasteiger partial charge in [0.2, 0.25) is 0 Å². The largest absolute Gasteiger partial charge is 0.421 e. The van der Waals surface area contributed by atoms with Crippen molar-refractivity contribution in [3.63, 3.8) is 0 Å². The summed E-state index contributed by atoms with van der Waals surface area (Å²) < 4.78 is 39.4. The molecular weight excluding hydrogens is 197 g/mol. The Kier molecular flexibility index (Phi) is 3.50. The van der Waals surface area contributed by atoms with Gasteiger partial charge in [-0.3, -0.25) is 0 Å². The summed E-state index contributed by atoms with van der Waals surface area (Å²) in [5.74, 6) is -1.10. The molecule has 0 amide bonds. The van der Waals surface area contributed by atoms with Crippen LogP contribution in [0.25, 0.3) is 0 Å². The first-order valence-corrected chi connectivity index (χ1v) is 3.79. The van der Waals surface area contributed by atoms with Crippen molar-refractivity contribution in [2.75, 3.05) is 0 Å². The van der Waals surface area contributed by atoms with Crippen LogP contribution in [0.2, 0.25) is 0 Å². The Bertz CT molecular complexity index is 300. The quantitative estimate of drug-likeness (QED) is 0.706. The number of esters is 1. The van der Waals surface area contributed by atoms with Gasteiger partial charge in [-0.1, -0.05) is 18.2 Å². The molecule has 0 fully saturated rings. The first-order chi connectivity index (χ1) is 6.61. The zero-order valence-corrected chi connectivity index (χ0v) is 6.99. The second-order valence-electron chi connectivity index (χ2n) is 2.46. The van der Waals surface area contributed by atoms with Crippen molar-refractivity contribution in [2.45, 2.75) is 12.8 Å². The first-order valence-electron chi connectivity index (χ1n) is 3.79. The maximum Gasteiger partial charge on any atom is 0.340 e. The average molecular weight is 204 g/mol. The topological polar surface area (TPSA) is 26.3 Å². The summed E-state index contributed by atoms with van der Waals surface area (Å²) >= 11 is 0. The fourth-order valence-electron chi connectivity index (χ4n) is 0.796.